The van der Waals surface area contributed by atoms with Crippen LogP contribution in [0.25, 0.3) is 61.8 Å². The summed E-state index contributed by atoms with van der Waals surface area (Å²) in [5.41, 5.74) is 12.7. The molecule has 8 aromatic rings. The highest BCUT2D eigenvalue weighted by atomic mass is 16.3. The lowest BCUT2D eigenvalue weighted by atomic mass is 9.82. The minimum Gasteiger partial charge on any atom is -0.456 e. The summed E-state index contributed by atoms with van der Waals surface area (Å²) in [6.45, 7) is 9.02. The van der Waals surface area contributed by atoms with Crippen LogP contribution >= 0.6 is 0 Å². The number of hydrogen-bond donors (Lipinski definition) is 0. The van der Waals surface area contributed by atoms with Gasteiger partial charge in [0.15, 0.2) is 0 Å². The molecule has 6 aromatic carbocycles. The highest BCUT2D eigenvalue weighted by Gasteiger charge is 2.35. The van der Waals surface area contributed by atoms with Crippen molar-refractivity contribution in [3.63, 3.8) is 0 Å². The first-order chi connectivity index (χ1) is 24.0. The smallest absolute Gasteiger partial charge is 0.137 e. The van der Waals surface area contributed by atoms with E-state index in [0.717, 1.165) is 51.1 Å². The molecule has 0 atom stereocenters. The average molecular weight is 635 g/mol. The van der Waals surface area contributed by atoms with Gasteiger partial charge < -0.3 is 13.9 Å². The molecule has 238 valence electrons. The number of aromatic nitrogens is 1. The molecule has 1 aliphatic rings. The Balaban J connectivity index is 1.32. The van der Waals surface area contributed by atoms with Crippen molar-refractivity contribution in [1.82, 2.24) is 4.57 Å². The molecule has 49 heavy (non-hydrogen) atoms. The molecule has 0 unspecified atom stereocenters. The van der Waals surface area contributed by atoms with Crippen molar-refractivity contribution in [3.05, 3.63) is 155 Å². The fourth-order valence-corrected chi connectivity index (χ4v) is 8.17. The standard InChI is InChI=1S/C46H38N2O/c1-5-14-35-36-24-21-32(28-43(36)48(42(35)6-2)30-15-8-7-9-16-30)47(33-22-25-38-37-18-11-13-20-44(37)49-45(38)29-33)31-23-26-41-39(27-31)34-17-10-12-19-40(34)46(41,3)4/h6-29H,5H2,1-4H3/b35-14-,42-6+. The lowest BCUT2D eigenvalue weighted by molar-refractivity contribution is 0.660. The molecule has 2 aromatic heterocycles. The van der Waals surface area contributed by atoms with E-state index in [2.05, 4.69) is 171 Å². The predicted molar refractivity (Wildman–Crippen MR) is 207 cm³/mol. The molecule has 0 saturated carbocycles. The Labute approximate surface area is 286 Å². The first-order valence-electron chi connectivity index (χ1n) is 17.3. The molecule has 3 heteroatoms. The molecule has 0 N–H and O–H groups in total. The summed E-state index contributed by atoms with van der Waals surface area (Å²) in [4.78, 5) is 2.39. The van der Waals surface area contributed by atoms with Gasteiger partial charge in [0.1, 0.15) is 11.2 Å². The van der Waals surface area contributed by atoms with Crippen molar-refractivity contribution in [1.29, 1.82) is 0 Å². The van der Waals surface area contributed by atoms with E-state index in [0.29, 0.717) is 0 Å². The van der Waals surface area contributed by atoms with E-state index in [4.69, 9.17) is 4.42 Å². The van der Waals surface area contributed by atoms with Crippen molar-refractivity contribution >= 4 is 62.1 Å². The van der Waals surface area contributed by atoms with Crippen LogP contribution in [0.1, 0.15) is 45.2 Å². The van der Waals surface area contributed by atoms with E-state index in [1.54, 1.807) is 0 Å². The Morgan fingerprint density at radius 3 is 2.10 bits per heavy atom. The number of benzene rings is 6. The van der Waals surface area contributed by atoms with Gasteiger partial charge in [-0.1, -0.05) is 106 Å². The first kappa shape index (κ1) is 29.3. The molecule has 0 amide bonds. The van der Waals surface area contributed by atoms with Gasteiger partial charge in [0.05, 0.1) is 5.52 Å². The molecular weight excluding hydrogens is 597 g/mol. The van der Waals surface area contributed by atoms with Crippen molar-refractivity contribution in [3.8, 4) is 16.8 Å². The van der Waals surface area contributed by atoms with Gasteiger partial charge in [-0.2, -0.15) is 0 Å². The van der Waals surface area contributed by atoms with Crippen molar-refractivity contribution < 1.29 is 4.42 Å². The van der Waals surface area contributed by atoms with Crippen LogP contribution in [0, 0.1) is 0 Å². The molecule has 0 saturated heterocycles. The molecular formula is C46H38N2O. The Morgan fingerprint density at radius 1 is 0.633 bits per heavy atom. The molecule has 9 rings (SSSR count). The average Bonchev–Trinajstić information content (AvgIpc) is 3.74. The van der Waals surface area contributed by atoms with Gasteiger partial charge >= 0.3 is 0 Å². The van der Waals surface area contributed by atoms with E-state index in [-0.39, 0.29) is 5.41 Å². The summed E-state index contributed by atoms with van der Waals surface area (Å²) in [7, 11) is 0. The molecule has 0 aliphatic heterocycles. The zero-order chi connectivity index (χ0) is 33.3. The maximum Gasteiger partial charge on any atom is 0.137 e. The second kappa shape index (κ2) is 11.1. The maximum atomic E-state index is 6.43. The fourth-order valence-electron chi connectivity index (χ4n) is 8.17. The number of furan rings is 1. The van der Waals surface area contributed by atoms with Crippen LogP contribution < -0.4 is 15.5 Å². The summed E-state index contributed by atoms with van der Waals surface area (Å²) in [6, 6.07) is 48.4. The van der Waals surface area contributed by atoms with Crippen LogP contribution in [0.5, 0.6) is 0 Å². The van der Waals surface area contributed by atoms with E-state index in [9.17, 15) is 0 Å². The van der Waals surface area contributed by atoms with E-state index in [1.807, 2.05) is 12.1 Å². The quantitative estimate of drug-likeness (QED) is 0.188. The van der Waals surface area contributed by atoms with Gasteiger partial charge in [0, 0.05) is 61.0 Å². The van der Waals surface area contributed by atoms with Gasteiger partial charge in [-0.05, 0) is 90.2 Å². The summed E-state index contributed by atoms with van der Waals surface area (Å²) < 4.78 is 8.84. The van der Waals surface area contributed by atoms with E-state index >= 15 is 0 Å². The predicted octanol–water partition coefficient (Wildman–Crippen LogP) is 11.3. The fraction of sp³-hybridized carbons (Fsp3) is 0.130. The number of para-hydroxylation sites is 2. The third-order valence-electron chi connectivity index (χ3n) is 10.4. The Hall–Kier alpha value is -5.80. The highest BCUT2D eigenvalue weighted by Crippen LogP contribution is 2.50. The number of hydrogen-bond acceptors (Lipinski definition) is 2. The van der Waals surface area contributed by atoms with Crippen LogP contribution in [-0.4, -0.2) is 4.57 Å². The Morgan fingerprint density at radius 2 is 1.29 bits per heavy atom. The van der Waals surface area contributed by atoms with Crippen molar-refractivity contribution in [2.75, 3.05) is 4.90 Å². The van der Waals surface area contributed by atoms with Gasteiger partial charge in [-0.15, -0.1) is 0 Å². The minimum absolute atomic E-state index is 0.0584. The van der Waals surface area contributed by atoms with Gasteiger partial charge in [-0.3, -0.25) is 0 Å². The van der Waals surface area contributed by atoms with Crippen LogP contribution in [-0.2, 0) is 5.41 Å². The Kier molecular flexibility index (Phi) is 6.67. The third kappa shape index (κ3) is 4.42. The van der Waals surface area contributed by atoms with Crippen LogP contribution in [0.4, 0.5) is 17.1 Å². The van der Waals surface area contributed by atoms with Crippen LogP contribution in [0.15, 0.2) is 138 Å². The summed E-state index contributed by atoms with van der Waals surface area (Å²) in [6.07, 6.45) is 5.55. The summed E-state index contributed by atoms with van der Waals surface area (Å²) in [5.74, 6) is 0. The molecule has 0 radical (unpaired) electrons. The zero-order valence-electron chi connectivity index (χ0n) is 28.4. The Bertz CT molecular complexity index is 2690. The van der Waals surface area contributed by atoms with Crippen LogP contribution in [0.2, 0.25) is 0 Å². The summed E-state index contributed by atoms with van der Waals surface area (Å²) >= 11 is 0. The number of rotatable bonds is 5. The van der Waals surface area contributed by atoms with E-state index in [1.165, 1.54) is 43.7 Å². The topological polar surface area (TPSA) is 21.3 Å². The third-order valence-corrected chi connectivity index (χ3v) is 10.4. The highest BCUT2D eigenvalue weighted by molar-refractivity contribution is 6.06. The van der Waals surface area contributed by atoms with Crippen LogP contribution in [0.3, 0.4) is 0 Å². The SMILES string of the molecule is C/C=c1\c(=C/CC)c2ccc(N(c3ccc4c(c3)-c3ccccc3C4(C)C)c3ccc4c(c3)oc3ccccc34)cc2n1-c1ccccc1. The zero-order valence-corrected chi connectivity index (χ0v) is 28.4. The van der Waals surface area contributed by atoms with Crippen molar-refractivity contribution in [2.24, 2.45) is 0 Å². The normalized spacial score (nSPS) is 14.2. The maximum absolute atomic E-state index is 6.43. The minimum atomic E-state index is -0.0584. The number of fused-ring (bicyclic) bond motifs is 7. The van der Waals surface area contributed by atoms with E-state index < -0.39 is 0 Å². The second-order valence-electron chi connectivity index (χ2n) is 13.6. The molecule has 0 spiro atoms. The lowest BCUT2D eigenvalue weighted by Gasteiger charge is -2.27. The molecule has 2 heterocycles. The van der Waals surface area contributed by atoms with Gasteiger partial charge in [0.25, 0.3) is 0 Å². The molecule has 1 aliphatic carbocycles. The number of nitrogens with zero attached hydrogens (tertiary/aromatic N) is 2. The molecule has 0 bridgehead atoms. The lowest BCUT2D eigenvalue weighted by Crippen LogP contribution is -2.27. The van der Waals surface area contributed by atoms with Crippen molar-refractivity contribution in [2.45, 2.75) is 39.5 Å². The number of anilines is 3. The first-order valence-corrected chi connectivity index (χ1v) is 17.3. The van der Waals surface area contributed by atoms with Gasteiger partial charge in [0.2, 0.25) is 0 Å². The second-order valence-corrected chi connectivity index (χ2v) is 13.6. The monoisotopic (exact) mass is 634 g/mol. The molecule has 0 fully saturated rings. The van der Waals surface area contributed by atoms with Gasteiger partial charge in [-0.25, -0.2) is 0 Å². The summed E-state index contributed by atoms with van der Waals surface area (Å²) in [5, 5.41) is 6.01. The molecule has 3 nitrogen and oxygen atoms in total. The largest absolute Gasteiger partial charge is 0.456 e.